The van der Waals surface area contributed by atoms with E-state index in [0.717, 1.165) is 35.4 Å². The highest BCUT2D eigenvalue weighted by Gasteiger charge is 2.36. The van der Waals surface area contributed by atoms with E-state index >= 15 is 0 Å². The third kappa shape index (κ3) is 3.59. The molecule has 1 aliphatic rings. The summed E-state index contributed by atoms with van der Waals surface area (Å²) in [4.78, 5) is 19.2. The highest BCUT2D eigenvalue weighted by atomic mass is 19.4. The Morgan fingerprint density at radius 3 is 2.55 bits per heavy atom. The van der Waals surface area contributed by atoms with E-state index in [1.165, 1.54) is 6.20 Å². The normalized spacial score (nSPS) is 17.7. The van der Waals surface area contributed by atoms with Gasteiger partial charge in [0.2, 0.25) is 0 Å². The maximum Gasteiger partial charge on any atom is 0.433 e. The summed E-state index contributed by atoms with van der Waals surface area (Å²) >= 11 is 0. The Morgan fingerprint density at radius 2 is 1.90 bits per heavy atom. The molecule has 1 saturated heterocycles. The topological polar surface area (TPSA) is 50.5 Å². The predicted octanol–water partition coefficient (Wildman–Crippen LogP) is 4.74. The van der Waals surface area contributed by atoms with Crippen molar-refractivity contribution in [3.05, 3.63) is 53.3 Å². The Bertz CT molecular complexity index is 1060. The van der Waals surface area contributed by atoms with E-state index < -0.39 is 11.9 Å². The van der Waals surface area contributed by atoms with E-state index in [0.29, 0.717) is 12.1 Å². The van der Waals surface area contributed by atoms with Crippen LogP contribution < -0.4 is 0 Å². The lowest BCUT2D eigenvalue weighted by molar-refractivity contribution is -0.142. The Balaban J connectivity index is 1.88. The minimum atomic E-state index is -4.63. The van der Waals surface area contributed by atoms with Gasteiger partial charge >= 0.3 is 6.18 Å². The number of benzene rings is 1. The van der Waals surface area contributed by atoms with E-state index in [2.05, 4.69) is 10.1 Å². The average Bonchev–Trinajstić information content (AvgIpc) is 3.11. The SMILES string of the molecule is Cc1ccc(-c2cc(C(F)(F)F)n3ncc(C(=O)N4CCCC[C@@H]4C)c3n2)cc1. The van der Waals surface area contributed by atoms with Gasteiger partial charge in [-0.05, 0) is 39.2 Å². The first-order valence-corrected chi connectivity index (χ1v) is 9.59. The monoisotopic (exact) mass is 402 g/mol. The second-order valence-electron chi connectivity index (χ2n) is 7.53. The number of likely N-dealkylation sites (tertiary alicyclic amines) is 1. The van der Waals surface area contributed by atoms with Gasteiger partial charge in [0.15, 0.2) is 11.3 Å². The van der Waals surface area contributed by atoms with Crippen molar-refractivity contribution in [2.24, 2.45) is 0 Å². The molecule has 1 aromatic carbocycles. The molecule has 5 nitrogen and oxygen atoms in total. The fraction of sp³-hybridized carbons (Fsp3) is 0.381. The molecule has 1 aliphatic heterocycles. The summed E-state index contributed by atoms with van der Waals surface area (Å²) < 4.78 is 41.9. The van der Waals surface area contributed by atoms with Crippen molar-refractivity contribution in [1.29, 1.82) is 0 Å². The summed E-state index contributed by atoms with van der Waals surface area (Å²) in [6.45, 7) is 4.44. The van der Waals surface area contributed by atoms with Gasteiger partial charge < -0.3 is 4.90 Å². The zero-order valence-electron chi connectivity index (χ0n) is 16.2. The third-order valence-electron chi connectivity index (χ3n) is 5.40. The van der Waals surface area contributed by atoms with Gasteiger partial charge in [-0.1, -0.05) is 29.8 Å². The van der Waals surface area contributed by atoms with Crippen LogP contribution in [-0.2, 0) is 6.18 Å². The predicted molar refractivity (Wildman–Crippen MR) is 103 cm³/mol. The van der Waals surface area contributed by atoms with E-state index in [-0.39, 0.29) is 28.9 Å². The lowest BCUT2D eigenvalue weighted by atomic mass is 10.0. The summed E-state index contributed by atoms with van der Waals surface area (Å²) in [5, 5.41) is 3.86. The zero-order chi connectivity index (χ0) is 20.8. The molecule has 0 spiro atoms. The zero-order valence-corrected chi connectivity index (χ0v) is 16.2. The van der Waals surface area contributed by atoms with E-state index in [4.69, 9.17) is 0 Å². The molecule has 4 rings (SSSR count). The van der Waals surface area contributed by atoms with Gasteiger partial charge in [0.25, 0.3) is 5.91 Å². The number of hydrogen-bond acceptors (Lipinski definition) is 3. The number of nitrogens with zero attached hydrogens (tertiary/aromatic N) is 4. The van der Waals surface area contributed by atoms with Gasteiger partial charge in [-0.15, -0.1) is 0 Å². The summed E-state index contributed by atoms with van der Waals surface area (Å²) in [5.41, 5.74) is 0.769. The summed E-state index contributed by atoms with van der Waals surface area (Å²) in [6.07, 6.45) is -0.648. The average molecular weight is 402 g/mol. The molecule has 152 valence electrons. The standard InChI is InChI=1S/C21H21F3N4O/c1-13-6-8-15(9-7-13)17-11-18(21(22,23)24)28-19(26-17)16(12-25-28)20(29)27-10-4-3-5-14(27)2/h6-9,11-12,14H,3-5,10H2,1-2H3/t14-/m0/s1. The second kappa shape index (κ2) is 7.17. The number of piperidine rings is 1. The van der Waals surface area contributed by atoms with Crippen molar-refractivity contribution in [2.45, 2.75) is 45.3 Å². The lowest BCUT2D eigenvalue weighted by Crippen LogP contribution is -2.42. The van der Waals surface area contributed by atoms with Gasteiger partial charge in [0.05, 0.1) is 11.9 Å². The number of fused-ring (bicyclic) bond motifs is 1. The minimum Gasteiger partial charge on any atom is -0.336 e. The molecular formula is C21H21F3N4O. The van der Waals surface area contributed by atoms with Gasteiger partial charge in [-0.25, -0.2) is 9.50 Å². The first-order chi connectivity index (χ1) is 13.8. The molecule has 8 heteroatoms. The quantitative estimate of drug-likeness (QED) is 0.622. The molecule has 2 aromatic heterocycles. The van der Waals surface area contributed by atoms with Crippen LogP contribution in [0, 0.1) is 6.92 Å². The van der Waals surface area contributed by atoms with E-state index in [1.807, 2.05) is 26.0 Å². The molecule has 1 fully saturated rings. The van der Waals surface area contributed by atoms with Crippen LogP contribution >= 0.6 is 0 Å². The van der Waals surface area contributed by atoms with Crippen LogP contribution in [0.5, 0.6) is 0 Å². The summed E-state index contributed by atoms with van der Waals surface area (Å²) in [7, 11) is 0. The van der Waals surface area contributed by atoms with Gasteiger partial charge in [0, 0.05) is 18.2 Å². The van der Waals surface area contributed by atoms with Crippen molar-refractivity contribution in [1.82, 2.24) is 19.5 Å². The Morgan fingerprint density at radius 1 is 1.17 bits per heavy atom. The molecule has 1 amide bonds. The smallest absolute Gasteiger partial charge is 0.336 e. The molecule has 0 N–H and O–H groups in total. The Labute approximate surface area is 166 Å². The van der Waals surface area contributed by atoms with Gasteiger partial charge in [-0.2, -0.15) is 18.3 Å². The van der Waals surface area contributed by atoms with Crippen LogP contribution in [0.4, 0.5) is 13.2 Å². The molecule has 0 bridgehead atoms. The number of carbonyl (C=O) groups is 1. The second-order valence-corrected chi connectivity index (χ2v) is 7.53. The van der Waals surface area contributed by atoms with Gasteiger partial charge in [0.1, 0.15) is 5.56 Å². The fourth-order valence-corrected chi connectivity index (χ4v) is 3.74. The fourth-order valence-electron chi connectivity index (χ4n) is 3.74. The maximum absolute atomic E-state index is 13.7. The number of hydrogen-bond donors (Lipinski definition) is 0. The van der Waals surface area contributed by atoms with Crippen LogP contribution in [0.1, 0.15) is 47.8 Å². The molecule has 1 atom stereocenters. The van der Waals surface area contributed by atoms with Crippen molar-refractivity contribution in [3.63, 3.8) is 0 Å². The number of rotatable bonds is 2. The summed E-state index contributed by atoms with van der Waals surface area (Å²) in [6, 6.07) is 8.08. The highest BCUT2D eigenvalue weighted by molar-refractivity contribution is 6.00. The third-order valence-corrected chi connectivity index (χ3v) is 5.40. The largest absolute Gasteiger partial charge is 0.433 e. The van der Waals surface area contributed by atoms with E-state index in [1.54, 1.807) is 17.0 Å². The van der Waals surface area contributed by atoms with Crippen LogP contribution in [0.25, 0.3) is 16.9 Å². The highest BCUT2D eigenvalue weighted by Crippen LogP contribution is 2.33. The van der Waals surface area contributed by atoms with Crippen LogP contribution in [0.3, 0.4) is 0 Å². The number of carbonyl (C=O) groups excluding carboxylic acids is 1. The van der Waals surface area contributed by atoms with Crippen molar-refractivity contribution in [3.8, 4) is 11.3 Å². The van der Waals surface area contributed by atoms with Crippen LogP contribution in [0.15, 0.2) is 36.5 Å². The molecule has 0 unspecified atom stereocenters. The van der Waals surface area contributed by atoms with Crippen LogP contribution in [-0.4, -0.2) is 38.0 Å². The van der Waals surface area contributed by atoms with Crippen molar-refractivity contribution in [2.75, 3.05) is 6.54 Å². The first-order valence-electron chi connectivity index (χ1n) is 9.59. The Kier molecular flexibility index (Phi) is 4.80. The van der Waals surface area contributed by atoms with Crippen molar-refractivity contribution < 1.29 is 18.0 Å². The number of aromatic nitrogens is 3. The summed E-state index contributed by atoms with van der Waals surface area (Å²) in [5.74, 6) is -0.325. The number of amides is 1. The molecular weight excluding hydrogens is 381 g/mol. The molecule has 3 heterocycles. The number of halogens is 3. The number of aryl methyl sites for hydroxylation is 1. The lowest BCUT2D eigenvalue weighted by Gasteiger charge is -2.33. The molecule has 0 radical (unpaired) electrons. The minimum absolute atomic E-state index is 0.0357. The first kappa shape index (κ1) is 19.4. The molecule has 29 heavy (non-hydrogen) atoms. The molecule has 3 aromatic rings. The van der Waals surface area contributed by atoms with Gasteiger partial charge in [-0.3, -0.25) is 4.79 Å². The maximum atomic E-state index is 13.7. The Hall–Kier alpha value is -2.90. The van der Waals surface area contributed by atoms with Crippen LogP contribution in [0.2, 0.25) is 0 Å². The van der Waals surface area contributed by atoms with E-state index in [9.17, 15) is 18.0 Å². The molecule has 0 saturated carbocycles. The van der Waals surface area contributed by atoms with Crippen molar-refractivity contribution >= 4 is 11.6 Å². The molecule has 0 aliphatic carbocycles. The number of alkyl halides is 3.